The molecule has 168 valence electrons. The number of alkyl halides is 1. The van der Waals surface area contributed by atoms with Gasteiger partial charge in [0.15, 0.2) is 0 Å². The van der Waals surface area contributed by atoms with Crippen molar-refractivity contribution < 1.29 is 18.0 Å². The average Bonchev–Trinajstić information content (AvgIpc) is 2.77. The molecule has 0 saturated heterocycles. The van der Waals surface area contributed by atoms with Crippen molar-refractivity contribution in [1.82, 2.24) is 10.3 Å². The minimum Gasteiger partial charge on any atom is -0.349 e. The van der Waals surface area contributed by atoms with Gasteiger partial charge in [0, 0.05) is 34.0 Å². The van der Waals surface area contributed by atoms with E-state index in [1.165, 1.54) is 36.8 Å². The van der Waals surface area contributed by atoms with Gasteiger partial charge in [-0.1, -0.05) is 35.2 Å². The van der Waals surface area contributed by atoms with Crippen molar-refractivity contribution in [2.75, 3.05) is 0 Å². The number of hydrogen-bond acceptors (Lipinski definition) is 2. The molecule has 3 nitrogen and oxygen atoms in total. The van der Waals surface area contributed by atoms with Gasteiger partial charge in [-0.2, -0.15) is 0 Å². The zero-order chi connectivity index (χ0) is 22.8. The first-order valence-corrected chi connectivity index (χ1v) is 11.9. The third-order valence-electron chi connectivity index (χ3n) is 6.26. The van der Waals surface area contributed by atoms with Crippen molar-refractivity contribution in [3.8, 4) is 11.3 Å². The standard InChI is InChI=1S/C25H24BrF3N2O/c1-14(15-5-3-2-4-6-15)30-25(32)23-20-12-17(27)7-8-22(20)31-24(21(23)13-26)16-9-18(28)11-19(29)10-16/h7-12,14-15H,2-6,13H2,1H3,(H,30,32)/t14-/m0/s1. The van der Waals surface area contributed by atoms with E-state index in [-0.39, 0.29) is 34.1 Å². The van der Waals surface area contributed by atoms with E-state index in [1.807, 2.05) is 6.92 Å². The van der Waals surface area contributed by atoms with Crippen molar-refractivity contribution in [1.29, 1.82) is 0 Å². The van der Waals surface area contributed by atoms with Gasteiger partial charge >= 0.3 is 0 Å². The summed E-state index contributed by atoms with van der Waals surface area (Å²) in [7, 11) is 0. The van der Waals surface area contributed by atoms with Gasteiger partial charge in [0.1, 0.15) is 17.5 Å². The highest BCUT2D eigenvalue weighted by Gasteiger charge is 2.26. The molecule has 1 aliphatic carbocycles. The van der Waals surface area contributed by atoms with Crippen LogP contribution < -0.4 is 5.32 Å². The molecule has 1 N–H and O–H groups in total. The first-order valence-electron chi connectivity index (χ1n) is 10.8. The third kappa shape index (κ3) is 4.68. The summed E-state index contributed by atoms with van der Waals surface area (Å²) in [5, 5.41) is 3.67. The summed E-state index contributed by atoms with van der Waals surface area (Å²) < 4.78 is 42.0. The molecule has 1 aromatic heterocycles. The Bertz CT molecular complexity index is 1140. The van der Waals surface area contributed by atoms with Gasteiger partial charge in [0.25, 0.3) is 5.91 Å². The summed E-state index contributed by atoms with van der Waals surface area (Å²) >= 11 is 3.41. The highest BCUT2D eigenvalue weighted by molar-refractivity contribution is 9.08. The van der Waals surface area contributed by atoms with Crippen LogP contribution >= 0.6 is 15.9 Å². The maximum Gasteiger partial charge on any atom is 0.252 e. The molecule has 0 spiro atoms. The molecular formula is C25H24BrF3N2O. The van der Waals surface area contributed by atoms with Crippen LogP contribution in [0.4, 0.5) is 13.2 Å². The summed E-state index contributed by atoms with van der Waals surface area (Å²) in [6.45, 7) is 1.99. The second-order valence-corrected chi connectivity index (χ2v) is 8.99. The molecule has 7 heteroatoms. The topological polar surface area (TPSA) is 42.0 Å². The summed E-state index contributed by atoms with van der Waals surface area (Å²) in [5.41, 5.74) is 1.62. The van der Waals surface area contributed by atoms with E-state index in [4.69, 9.17) is 0 Å². The number of amides is 1. The van der Waals surface area contributed by atoms with Crippen LogP contribution in [-0.4, -0.2) is 16.9 Å². The number of benzene rings is 2. The minimum atomic E-state index is -0.738. The maximum absolute atomic E-state index is 14.1. The fourth-order valence-electron chi connectivity index (χ4n) is 4.62. The number of carbonyl (C=O) groups is 1. The van der Waals surface area contributed by atoms with E-state index in [1.54, 1.807) is 0 Å². The molecule has 2 aromatic carbocycles. The van der Waals surface area contributed by atoms with Crippen LogP contribution in [0.3, 0.4) is 0 Å². The van der Waals surface area contributed by atoms with Crippen LogP contribution in [0, 0.1) is 23.4 Å². The van der Waals surface area contributed by atoms with E-state index in [0.717, 1.165) is 31.7 Å². The summed E-state index contributed by atoms with van der Waals surface area (Å²) in [6, 6.07) is 7.11. The number of fused-ring (bicyclic) bond motifs is 1. The predicted molar refractivity (Wildman–Crippen MR) is 123 cm³/mol. The molecule has 1 atom stereocenters. The smallest absolute Gasteiger partial charge is 0.252 e. The van der Waals surface area contributed by atoms with E-state index < -0.39 is 17.5 Å². The van der Waals surface area contributed by atoms with Gasteiger partial charge in [-0.15, -0.1) is 0 Å². The molecule has 3 aromatic rings. The molecule has 1 amide bonds. The molecule has 0 unspecified atom stereocenters. The van der Waals surface area contributed by atoms with Crippen LogP contribution in [0.15, 0.2) is 36.4 Å². The van der Waals surface area contributed by atoms with Crippen LogP contribution in [0.25, 0.3) is 22.2 Å². The Balaban J connectivity index is 1.85. The summed E-state index contributed by atoms with van der Waals surface area (Å²) in [5.74, 6) is -1.91. The molecule has 0 bridgehead atoms. The van der Waals surface area contributed by atoms with Gasteiger partial charge in [-0.25, -0.2) is 18.2 Å². The second-order valence-electron chi connectivity index (χ2n) is 8.43. The van der Waals surface area contributed by atoms with Crippen LogP contribution in [0.2, 0.25) is 0 Å². The highest BCUT2D eigenvalue weighted by atomic mass is 79.9. The maximum atomic E-state index is 14.1. The molecule has 1 saturated carbocycles. The van der Waals surface area contributed by atoms with Crippen molar-refractivity contribution in [2.24, 2.45) is 5.92 Å². The van der Waals surface area contributed by atoms with Gasteiger partial charge in [0.05, 0.1) is 16.8 Å². The quantitative estimate of drug-likeness (QED) is 0.383. The third-order valence-corrected chi connectivity index (χ3v) is 6.82. The van der Waals surface area contributed by atoms with Gasteiger partial charge in [-0.3, -0.25) is 4.79 Å². The largest absolute Gasteiger partial charge is 0.349 e. The Labute approximate surface area is 193 Å². The van der Waals surface area contributed by atoms with Crippen LogP contribution in [0.1, 0.15) is 54.9 Å². The summed E-state index contributed by atoms with van der Waals surface area (Å²) in [6.07, 6.45) is 5.64. The molecule has 32 heavy (non-hydrogen) atoms. The Morgan fingerprint density at radius 3 is 2.41 bits per heavy atom. The number of carbonyl (C=O) groups excluding carboxylic acids is 1. The van der Waals surface area contributed by atoms with Gasteiger partial charge in [0.2, 0.25) is 0 Å². The van der Waals surface area contributed by atoms with Crippen molar-refractivity contribution in [3.63, 3.8) is 0 Å². The number of nitrogens with one attached hydrogen (secondary N) is 1. The lowest BCUT2D eigenvalue weighted by Gasteiger charge is -2.28. The number of hydrogen-bond donors (Lipinski definition) is 1. The lowest BCUT2D eigenvalue weighted by molar-refractivity contribution is 0.0920. The Kier molecular flexibility index (Phi) is 6.84. The van der Waals surface area contributed by atoms with E-state index in [0.29, 0.717) is 22.4 Å². The normalized spacial score (nSPS) is 15.7. The highest BCUT2D eigenvalue weighted by Crippen LogP contribution is 2.34. The molecule has 1 aliphatic rings. The minimum absolute atomic E-state index is 0.0437. The molecule has 4 rings (SSSR count). The molecule has 1 heterocycles. The molecule has 1 fully saturated rings. The average molecular weight is 505 g/mol. The zero-order valence-corrected chi connectivity index (χ0v) is 19.3. The Morgan fingerprint density at radius 1 is 1.06 bits per heavy atom. The van der Waals surface area contributed by atoms with Crippen LogP contribution in [0.5, 0.6) is 0 Å². The zero-order valence-electron chi connectivity index (χ0n) is 17.7. The number of pyridine rings is 1. The van der Waals surface area contributed by atoms with Crippen molar-refractivity contribution in [2.45, 2.75) is 50.4 Å². The lowest BCUT2D eigenvalue weighted by Crippen LogP contribution is -2.39. The van der Waals surface area contributed by atoms with E-state index >= 15 is 0 Å². The Hall–Kier alpha value is -2.41. The van der Waals surface area contributed by atoms with E-state index in [2.05, 4.69) is 26.2 Å². The predicted octanol–water partition coefficient (Wildman–Crippen LogP) is 6.91. The number of rotatable bonds is 5. The van der Waals surface area contributed by atoms with Crippen molar-refractivity contribution in [3.05, 3.63) is 65.0 Å². The molecule has 0 aliphatic heterocycles. The number of aromatic nitrogens is 1. The second kappa shape index (κ2) is 9.61. The first kappa shape index (κ1) is 22.8. The molecule has 0 radical (unpaired) electrons. The Morgan fingerprint density at radius 2 is 1.75 bits per heavy atom. The van der Waals surface area contributed by atoms with Gasteiger partial charge in [-0.05, 0) is 56.0 Å². The number of nitrogens with zero attached hydrogens (tertiary/aromatic N) is 1. The van der Waals surface area contributed by atoms with Gasteiger partial charge < -0.3 is 5.32 Å². The SMILES string of the molecule is C[C@H](NC(=O)c1c(CBr)c(-c2cc(F)cc(F)c2)nc2ccc(F)cc12)C1CCCCC1. The summed E-state index contributed by atoms with van der Waals surface area (Å²) in [4.78, 5) is 18.0. The fourth-order valence-corrected chi connectivity index (χ4v) is 5.17. The van der Waals surface area contributed by atoms with Crippen LogP contribution in [-0.2, 0) is 5.33 Å². The number of halogens is 4. The lowest BCUT2D eigenvalue weighted by atomic mass is 9.84. The monoisotopic (exact) mass is 504 g/mol. The first-order chi connectivity index (χ1) is 15.4. The van der Waals surface area contributed by atoms with E-state index in [9.17, 15) is 18.0 Å². The molecular weight excluding hydrogens is 481 g/mol. The fraction of sp³-hybridized carbons (Fsp3) is 0.360. The van der Waals surface area contributed by atoms with Crippen molar-refractivity contribution >= 4 is 32.7 Å².